The summed E-state index contributed by atoms with van der Waals surface area (Å²) >= 11 is 0. The molecule has 0 fully saturated rings. The number of hydrogen-bond acceptors (Lipinski definition) is 4. The number of nitrogens with one attached hydrogen (secondary N) is 1. The molecule has 0 aromatic heterocycles. The second-order valence-electron chi connectivity index (χ2n) is 3.87. The molecule has 1 rings (SSSR count). The Balaban J connectivity index is 2.58. The van der Waals surface area contributed by atoms with Crippen molar-refractivity contribution in [3.63, 3.8) is 0 Å². The van der Waals surface area contributed by atoms with Gasteiger partial charge >= 0.3 is 6.18 Å². The molecule has 0 aliphatic heterocycles. The van der Waals surface area contributed by atoms with Crippen LogP contribution in [0.25, 0.3) is 0 Å². The molecule has 7 heteroatoms. The summed E-state index contributed by atoms with van der Waals surface area (Å²) in [5, 5.41) is 11.4. The first-order chi connectivity index (χ1) is 8.88. The molecule has 0 saturated heterocycles. The predicted molar refractivity (Wildman–Crippen MR) is 63.3 cm³/mol. The van der Waals surface area contributed by atoms with Gasteiger partial charge < -0.3 is 19.9 Å². The summed E-state index contributed by atoms with van der Waals surface area (Å²) in [7, 11) is 2.97. The van der Waals surface area contributed by atoms with Gasteiger partial charge in [0.25, 0.3) is 0 Å². The Labute approximate surface area is 109 Å². The summed E-state index contributed by atoms with van der Waals surface area (Å²) in [6.07, 6.45) is -6.99. The Morgan fingerprint density at radius 1 is 1.26 bits per heavy atom. The molecule has 0 saturated carbocycles. The Kier molecular flexibility index (Phi) is 5.44. The molecule has 1 unspecified atom stereocenters. The van der Waals surface area contributed by atoms with Crippen molar-refractivity contribution >= 4 is 0 Å². The van der Waals surface area contributed by atoms with Crippen LogP contribution < -0.4 is 14.8 Å². The van der Waals surface area contributed by atoms with Crippen LogP contribution in [0.1, 0.15) is 5.56 Å². The summed E-state index contributed by atoms with van der Waals surface area (Å²) in [4.78, 5) is 0. The van der Waals surface area contributed by atoms with Gasteiger partial charge in [0.1, 0.15) is 11.5 Å². The number of aliphatic hydroxyl groups is 1. The normalized spacial score (nSPS) is 13.2. The molecule has 0 aliphatic rings. The number of ether oxygens (including phenoxy) is 2. The first kappa shape index (κ1) is 15.6. The maximum Gasteiger partial charge on any atom is 0.415 e. The Hall–Kier alpha value is -1.47. The molecule has 0 aliphatic carbocycles. The van der Waals surface area contributed by atoms with Crippen LogP contribution in [0.4, 0.5) is 13.2 Å². The van der Waals surface area contributed by atoms with Crippen molar-refractivity contribution in [3.05, 3.63) is 23.8 Å². The zero-order valence-electron chi connectivity index (χ0n) is 10.6. The Bertz CT molecular complexity index is 410. The summed E-state index contributed by atoms with van der Waals surface area (Å²) in [6.45, 7) is -0.418. The molecule has 108 valence electrons. The van der Waals surface area contributed by atoms with Gasteiger partial charge in [-0.15, -0.1) is 0 Å². The molecular formula is C12H16F3NO3. The van der Waals surface area contributed by atoms with Gasteiger partial charge in [-0.3, -0.25) is 0 Å². The third-order valence-corrected chi connectivity index (χ3v) is 2.53. The standard InChI is InChI=1S/C12H16F3NO3/c1-18-9-4-3-8(10(5-9)19-2)6-16-7-11(17)12(13,14)15/h3-5,11,16-17H,6-7H2,1-2H3. The van der Waals surface area contributed by atoms with Crippen LogP contribution in [0.3, 0.4) is 0 Å². The van der Waals surface area contributed by atoms with E-state index in [1.54, 1.807) is 18.2 Å². The number of aliphatic hydroxyl groups excluding tert-OH is 1. The van der Waals surface area contributed by atoms with E-state index in [1.165, 1.54) is 14.2 Å². The van der Waals surface area contributed by atoms with Crippen LogP contribution >= 0.6 is 0 Å². The van der Waals surface area contributed by atoms with Crippen molar-refractivity contribution in [1.29, 1.82) is 0 Å². The average molecular weight is 279 g/mol. The van der Waals surface area contributed by atoms with E-state index in [-0.39, 0.29) is 6.54 Å². The minimum Gasteiger partial charge on any atom is -0.497 e. The largest absolute Gasteiger partial charge is 0.497 e. The van der Waals surface area contributed by atoms with E-state index in [4.69, 9.17) is 14.6 Å². The summed E-state index contributed by atoms with van der Waals surface area (Å²) in [6, 6.07) is 5.00. The van der Waals surface area contributed by atoms with E-state index in [2.05, 4.69) is 5.32 Å². The molecule has 0 amide bonds. The average Bonchev–Trinajstić information content (AvgIpc) is 2.37. The van der Waals surface area contributed by atoms with Crippen molar-refractivity contribution in [1.82, 2.24) is 5.32 Å². The lowest BCUT2D eigenvalue weighted by Crippen LogP contribution is -2.38. The second-order valence-corrected chi connectivity index (χ2v) is 3.87. The molecule has 0 radical (unpaired) electrons. The third kappa shape index (κ3) is 4.60. The molecule has 1 aromatic rings. The zero-order chi connectivity index (χ0) is 14.5. The van der Waals surface area contributed by atoms with E-state index < -0.39 is 18.8 Å². The molecule has 0 heterocycles. The van der Waals surface area contributed by atoms with Crippen LogP contribution in [0.5, 0.6) is 11.5 Å². The lowest BCUT2D eigenvalue weighted by Gasteiger charge is -2.16. The molecule has 2 N–H and O–H groups in total. The summed E-state index contributed by atoms with van der Waals surface area (Å²) in [5.74, 6) is 1.10. The maximum atomic E-state index is 12.1. The van der Waals surface area contributed by atoms with Crippen LogP contribution in [-0.2, 0) is 6.54 Å². The smallest absolute Gasteiger partial charge is 0.415 e. The van der Waals surface area contributed by atoms with E-state index in [0.29, 0.717) is 17.1 Å². The van der Waals surface area contributed by atoms with Gasteiger partial charge in [0.05, 0.1) is 14.2 Å². The van der Waals surface area contributed by atoms with Gasteiger partial charge in [-0.2, -0.15) is 13.2 Å². The van der Waals surface area contributed by atoms with Crippen LogP contribution in [0, 0.1) is 0 Å². The molecular weight excluding hydrogens is 263 g/mol. The van der Waals surface area contributed by atoms with E-state index >= 15 is 0 Å². The predicted octanol–water partition coefficient (Wildman–Crippen LogP) is 1.72. The first-order valence-electron chi connectivity index (χ1n) is 5.55. The third-order valence-electron chi connectivity index (χ3n) is 2.53. The lowest BCUT2D eigenvalue weighted by molar-refractivity contribution is -0.201. The van der Waals surface area contributed by atoms with Crippen molar-refractivity contribution in [2.75, 3.05) is 20.8 Å². The van der Waals surface area contributed by atoms with Gasteiger partial charge in [-0.1, -0.05) is 6.07 Å². The van der Waals surface area contributed by atoms with Gasteiger partial charge in [0.2, 0.25) is 0 Å². The molecule has 4 nitrogen and oxygen atoms in total. The number of halogens is 3. The Morgan fingerprint density at radius 2 is 1.95 bits per heavy atom. The fraction of sp³-hybridized carbons (Fsp3) is 0.500. The van der Waals surface area contributed by atoms with Crippen molar-refractivity contribution in [3.8, 4) is 11.5 Å². The van der Waals surface area contributed by atoms with Crippen LogP contribution in [0.15, 0.2) is 18.2 Å². The fourth-order valence-electron chi connectivity index (χ4n) is 1.46. The number of alkyl halides is 3. The maximum absolute atomic E-state index is 12.1. The number of benzene rings is 1. The number of rotatable bonds is 6. The molecule has 0 bridgehead atoms. The molecule has 19 heavy (non-hydrogen) atoms. The summed E-state index contributed by atoms with van der Waals surface area (Å²) < 4.78 is 46.4. The fourth-order valence-corrected chi connectivity index (χ4v) is 1.46. The highest BCUT2D eigenvalue weighted by Crippen LogP contribution is 2.24. The number of hydrogen-bond donors (Lipinski definition) is 2. The van der Waals surface area contributed by atoms with Gasteiger partial charge in [-0.05, 0) is 6.07 Å². The van der Waals surface area contributed by atoms with Crippen molar-refractivity contribution in [2.45, 2.75) is 18.8 Å². The zero-order valence-corrected chi connectivity index (χ0v) is 10.6. The van der Waals surface area contributed by atoms with E-state index in [9.17, 15) is 13.2 Å². The topological polar surface area (TPSA) is 50.7 Å². The summed E-state index contributed by atoms with van der Waals surface area (Å²) in [5.41, 5.74) is 0.678. The highest BCUT2D eigenvalue weighted by molar-refractivity contribution is 5.40. The van der Waals surface area contributed by atoms with Gasteiger partial charge in [-0.25, -0.2) is 0 Å². The minimum absolute atomic E-state index is 0.153. The first-order valence-corrected chi connectivity index (χ1v) is 5.55. The minimum atomic E-state index is -4.61. The monoisotopic (exact) mass is 279 g/mol. The van der Waals surface area contributed by atoms with Gasteiger partial charge in [0.15, 0.2) is 6.10 Å². The molecule has 0 spiro atoms. The lowest BCUT2D eigenvalue weighted by atomic mass is 10.2. The highest BCUT2D eigenvalue weighted by Gasteiger charge is 2.37. The molecule has 1 aromatic carbocycles. The number of methoxy groups -OCH3 is 2. The Morgan fingerprint density at radius 3 is 2.47 bits per heavy atom. The van der Waals surface area contributed by atoms with E-state index in [0.717, 1.165) is 0 Å². The highest BCUT2D eigenvalue weighted by atomic mass is 19.4. The molecule has 1 atom stereocenters. The SMILES string of the molecule is COc1ccc(CNCC(O)C(F)(F)F)c(OC)c1. The van der Waals surface area contributed by atoms with Crippen molar-refractivity contribution in [2.24, 2.45) is 0 Å². The van der Waals surface area contributed by atoms with Crippen LogP contribution in [0.2, 0.25) is 0 Å². The second kappa shape index (κ2) is 6.63. The van der Waals surface area contributed by atoms with Gasteiger partial charge in [0, 0.05) is 24.7 Å². The van der Waals surface area contributed by atoms with Crippen LogP contribution in [-0.4, -0.2) is 38.2 Å². The quantitative estimate of drug-likeness (QED) is 0.832. The van der Waals surface area contributed by atoms with Crippen molar-refractivity contribution < 1.29 is 27.8 Å². The van der Waals surface area contributed by atoms with E-state index in [1.807, 2.05) is 0 Å².